The number of anilines is 3. The average Bonchev–Trinajstić information content (AvgIpc) is 2.45. The highest BCUT2D eigenvalue weighted by atomic mass is 35.5. The SMILES string of the molecule is Cc1ccc(Cl)c(C)c1Nc1cc(C(F)(F)F)nc(NC(C)(C)C)n1. The first-order valence-electron chi connectivity index (χ1n) is 7.64. The Morgan fingerprint density at radius 2 is 1.68 bits per heavy atom. The van der Waals surface area contributed by atoms with Crippen LogP contribution >= 0.6 is 11.6 Å². The van der Waals surface area contributed by atoms with Crippen molar-refractivity contribution in [2.75, 3.05) is 10.6 Å². The summed E-state index contributed by atoms with van der Waals surface area (Å²) in [6.07, 6.45) is -4.58. The standard InChI is InChI=1S/C17H20ClF3N4/c1-9-6-7-11(18)10(2)14(9)23-13-8-12(17(19,20)21)22-15(24-13)25-16(3,4)5/h6-8H,1-5H3,(H2,22,23,24,25). The largest absolute Gasteiger partial charge is 0.433 e. The summed E-state index contributed by atoms with van der Waals surface area (Å²) < 4.78 is 39.5. The van der Waals surface area contributed by atoms with E-state index in [1.54, 1.807) is 19.1 Å². The molecule has 1 aromatic carbocycles. The molecule has 0 spiro atoms. The molecule has 1 heterocycles. The normalized spacial score (nSPS) is 12.2. The summed E-state index contributed by atoms with van der Waals surface area (Å²) in [5.41, 5.74) is 0.706. The van der Waals surface area contributed by atoms with Crippen LogP contribution in [0.1, 0.15) is 37.6 Å². The second-order valence-corrected chi connectivity index (χ2v) is 7.23. The quantitative estimate of drug-likeness (QED) is 0.723. The van der Waals surface area contributed by atoms with Gasteiger partial charge in [-0.15, -0.1) is 0 Å². The molecule has 0 atom stereocenters. The van der Waals surface area contributed by atoms with Gasteiger partial charge in [-0.1, -0.05) is 17.7 Å². The number of aryl methyl sites for hydroxylation is 1. The van der Waals surface area contributed by atoms with Gasteiger partial charge in [-0.2, -0.15) is 18.2 Å². The van der Waals surface area contributed by atoms with Crippen LogP contribution in [0, 0.1) is 13.8 Å². The Labute approximate surface area is 149 Å². The van der Waals surface area contributed by atoms with Gasteiger partial charge in [0.05, 0.1) is 0 Å². The van der Waals surface area contributed by atoms with Crippen LogP contribution in [-0.2, 0) is 6.18 Å². The van der Waals surface area contributed by atoms with Gasteiger partial charge in [0.25, 0.3) is 0 Å². The highest BCUT2D eigenvalue weighted by Gasteiger charge is 2.34. The molecule has 0 aliphatic rings. The summed E-state index contributed by atoms with van der Waals surface area (Å²) in [5, 5.41) is 6.34. The van der Waals surface area contributed by atoms with Crippen LogP contribution in [0.2, 0.25) is 5.02 Å². The van der Waals surface area contributed by atoms with Gasteiger partial charge in [-0.25, -0.2) is 4.98 Å². The van der Waals surface area contributed by atoms with E-state index >= 15 is 0 Å². The maximum absolute atomic E-state index is 13.2. The fourth-order valence-corrected chi connectivity index (χ4v) is 2.35. The van der Waals surface area contributed by atoms with Crippen molar-refractivity contribution in [1.29, 1.82) is 0 Å². The van der Waals surface area contributed by atoms with Gasteiger partial charge in [0.1, 0.15) is 5.82 Å². The summed E-state index contributed by atoms with van der Waals surface area (Å²) in [5.74, 6) is -0.0512. The number of benzene rings is 1. The van der Waals surface area contributed by atoms with E-state index in [9.17, 15) is 13.2 Å². The molecule has 4 nitrogen and oxygen atoms in total. The molecular formula is C17H20ClF3N4. The second-order valence-electron chi connectivity index (χ2n) is 6.82. The van der Waals surface area contributed by atoms with Gasteiger partial charge in [0, 0.05) is 22.3 Å². The van der Waals surface area contributed by atoms with Crippen LogP contribution < -0.4 is 10.6 Å². The maximum atomic E-state index is 13.2. The van der Waals surface area contributed by atoms with Crippen molar-refractivity contribution in [2.24, 2.45) is 0 Å². The van der Waals surface area contributed by atoms with Crippen molar-refractivity contribution in [3.8, 4) is 0 Å². The Kier molecular flexibility index (Phi) is 5.18. The lowest BCUT2D eigenvalue weighted by atomic mass is 10.1. The Morgan fingerprint density at radius 1 is 1.04 bits per heavy atom. The zero-order valence-corrected chi connectivity index (χ0v) is 15.4. The molecule has 2 aromatic rings. The molecule has 0 unspecified atom stereocenters. The van der Waals surface area contributed by atoms with Gasteiger partial charge in [-0.3, -0.25) is 0 Å². The van der Waals surface area contributed by atoms with Crippen LogP contribution in [0.15, 0.2) is 18.2 Å². The topological polar surface area (TPSA) is 49.8 Å². The summed E-state index contributed by atoms with van der Waals surface area (Å²) in [7, 11) is 0. The van der Waals surface area contributed by atoms with Crippen LogP contribution in [0.25, 0.3) is 0 Å². The number of rotatable bonds is 3. The number of nitrogens with one attached hydrogen (secondary N) is 2. The predicted octanol–water partition coefficient (Wildman–Crippen LogP) is 5.72. The van der Waals surface area contributed by atoms with E-state index in [2.05, 4.69) is 20.6 Å². The zero-order chi connectivity index (χ0) is 19.0. The molecule has 0 aliphatic heterocycles. The third-order valence-electron chi connectivity index (χ3n) is 3.36. The minimum absolute atomic E-state index is 0.0440. The number of hydrogen-bond acceptors (Lipinski definition) is 4. The lowest BCUT2D eigenvalue weighted by Gasteiger charge is -2.22. The first kappa shape index (κ1) is 19.3. The predicted molar refractivity (Wildman–Crippen MR) is 94.6 cm³/mol. The summed E-state index contributed by atoms with van der Waals surface area (Å²) in [6.45, 7) is 9.07. The third kappa shape index (κ3) is 4.98. The Bertz CT molecular complexity index is 783. The van der Waals surface area contributed by atoms with Crippen LogP contribution in [0.5, 0.6) is 0 Å². The van der Waals surface area contributed by atoms with E-state index in [1.165, 1.54) is 0 Å². The smallest absolute Gasteiger partial charge is 0.350 e. The van der Waals surface area contributed by atoms with Gasteiger partial charge < -0.3 is 10.6 Å². The molecule has 2 N–H and O–H groups in total. The average molecular weight is 373 g/mol. The monoisotopic (exact) mass is 372 g/mol. The van der Waals surface area contributed by atoms with E-state index in [1.807, 2.05) is 27.7 Å². The van der Waals surface area contributed by atoms with E-state index in [0.717, 1.165) is 17.2 Å². The van der Waals surface area contributed by atoms with Crippen molar-refractivity contribution in [1.82, 2.24) is 9.97 Å². The zero-order valence-electron chi connectivity index (χ0n) is 14.6. The number of hydrogen-bond donors (Lipinski definition) is 2. The van der Waals surface area contributed by atoms with E-state index in [-0.39, 0.29) is 11.8 Å². The lowest BCUT2D eigenvalue weighted by Crippen LogP contribution is -2.28. The Morgan fingerprint density at radius 3 is 2.24 bits per heavy atom. The maximum Gasteiger partial charge on any atom is 0.433 e. The lowest BCUT2D eigenvalue weighted by molar-refractivity contribution is -0.141. The minimum Gasteiger partial charge on any atom is -0.350 e. The summed E-state index contributed by atoms with van der Waals surface area (Å²) in [6, 6.07) is 4.41. The first-order valence-corrected chi connectivity index (χ1v) is 8.02. The van der Waals surface area contributed by atoms with Gasteiger partial charge in [0.15, 0.2) is 5.69 Å². The molecule has 0 bridgehead atoms. The van der Waals surface area contributed by atoms with Gasteiger partial charge in [-0.05, 0) is 51.8 Å². The molecule has 136 valence electrons. The molecule has 0 saturated carbocycles. The van der Waals surface area contributed by atoms with Crippen molar-refractivity contribution >= 4 is 29.1 Å². The molecule has 0 amide bonds. The summed E-state index contributed by atoms with van der Waals surface area (Å²) >= 11 is 6.11. The number of alkyl halides is 3. The highest BCUT2D eigenvalue weighted by Crippen LogP contribution is 2.33. The number of halogens is 4. The molecular weight excluding hydrogens is 353 g/mol. The van der Waals surface area contributed by atoms with Crippen LogP contribution in [0.4, 0.5) is 30.6 Å². The van der Waals surface area contributed by atoms with Crippen LogP contribution in [0.3, 0.4) is 0 Å². The molecule has 25 heavy (non-hydrogen) atoms. The molecule has 0 saturated heterocycles. The van der Waals surface area contributed by atoms with E-state index in [4.69, 9.17) is 11.6 Å². The Balaban J connectivity index is 2.50. The molecule has 0 radical (unpaired) electrons. The van der Waals surface area contributed by atoms with Gasteiger partial charge >= 0.3 is 6.18 Å². The first-order chi connectivity index (χ1) is 11.4. The van der Waals surface area contributed by atoms with Crippen molar-refractivity contribution in [2.45, 2.75) is 46.3 Å². The highest BCUT2D eigenvalue weighted by molar-refractivity contribution is 6.31. The third-order valence-corrected chi connectivity index (χ3v) is 3.77. The number of aromatic nitrogens is 2. The molecule has 8 heteroatoms. The fourth-order valence-electron chi connectivity index (χ4n) is 2.19. The van der Waals surface area contributed by atoms with Crippen molar-refractivity contribution < 1.29 is 13.2 Å². The van der Waals surface area contributed by atoms with E-state index < -0.39 is 17.4 Å². The van der Waals surface area contributed by atoms with Crippen molar-refractivity contribution in [3.05, 3.63) is 40.0 Å². The minimum atomic E-state index is -4.58. The fraction of sp³-hybridized carbons (Fsp3) is 0.412. The molecule has 0 fully saturated rings. The summed E-state index contributed by atoms with van der Waals surface area (Å²) in [4.78, 5) is 7.74. The second kappa shape index (κ2) is 6.71. The van der Waals surface area contributed by atoms with Crippen molar-refractivity contribution in [3.63, 3.8) is 0 Å². The van der Waals surface area contributed by atoms with E-state index in [0.29, 0.717) is 10.7 Å². The van der Waals surface area contributed by atoms with Crippen LogP contribution in [-0.4, -0.2) is 15.5 Å². The number of nitrogens with zero attached hydrogens (tertiary/aromatic N) is 2. The molecule has 0 aliphatic carbocycles. The molecule has 1 aromatic heterocycles. The molecule has 2 rings (SSSR count). The Hall–Kier alpha value is -2.02. The van der Waals surface area contributed by atoms with Gasteiger partial charge in [0.2, 0.25) is 5.95 Å².